The molecule has 0 aliphatic carbocycles. The minimum Gasteiger partial charge on any atom is -0.356 e. The van der Waals surface area contributed by atoms with Gasteiger partial charge in [-0.05, 0) is 44.7 Å². The van der Waals surface area contributed by atoms with E-state index in [1.165, 1.54) is 12.8 Å². The van der Waals surface area contributed by atoms with E-state index in [0.717, 1.165) is 55.4 Å². The highest BCUT2D eigenvalue weighted by Gasteiger charge is 2.30. The van der Waals surface area contributed by atoms with Crippen molar-refractivity contribution >= 4 is 11.9 Å². The van der Waals surface area contributed by atoms with Crippen LogP contribution in [0.25, 0.3) is 11.3 Å². The number of aromatic nitrogens is 4. The molecular formula is C23H26N6O2. The van der Waals surface area contributed by atoms with Crippen LogP contribution in [-0.4, -0.2) is 57.1 Å². The van der Waals surface area contributed by atoms with Crippen LogP contribution < -0.4 is 4.90 Å². The van der Waals surface area contributed by atoms with Gasteiger partial charge in [-0.25, -0.2) is 9.97 Å². The number of anilines is 1. The maximum Gasteiger partial charge on any atom is 0.253 e. The van der Waals surface area contributed by atoms with Gasteiger partial charge in [0.25, 0.3) is 5.91 Å². The molecule has 0 saturated carbocycles. The lowest BCUT2D eigenvalue weighted by molar-refractivity contribution is 0.0706. The van der Waals surface area contributed by atoms with E-state index in [1.54, 1.807) is 24.5 Å². The third-order valence-corrected chi connectivity index (χ3v) is 6.11. The molecule has 1 amide bonds. The number of pyridine rings is 1. The van der Waals surface area contributed by atoms with E-state index < -0.39 is 0 Å². The average molecular weight is 419 g/mol. The van der Waals surface area contributed by atoms with Crippen molar-refractivity contribution in [2.75, 3.05) is 31.1 Å². The van der Waals surface area contributed by atoms with Crippen molar-refractivity contribution in [3.63, 3.8) is 0 Å². The zero-order valence-electron chi connectivity index (χ0n) is 17.7. The monoisotopic (exact) mass is 418 g/mol. The number of carbonyl (C=O) groups is 1. The van der Waals surface area contributed by atoms with E-state index in [0.29, 0.717) is 17.9 Å². The Hall–Kier alpha value is -3.29. The average Bonchev–Trinajstić information content (AvgIpc) is 3.51. The lowest BCUT2D eigenvalue weighted by Crippen LogP contribution is -2.39. The van der Waals surface area contributed by atoms with Gasteiger partial charge < -0.3 is 14.3 Å². The van der Waals surface area contributed by atoms with Crippen LogP contribution >= 0.6 is 0 Å². The summed E-state index contributed by atoms with van der Waals surface area (Å²) < 4.78 is 5.56. The molecule has 160 valence electrons. The van der Waals surface area contributed by atoms with Crippen LogP contribution in [0.4, 0.5) is 5.95 Å². The fourth-order valence-corrected chi connectivity index (χ4v) is 4.51. The molecule has 2 aliphatic heterocycles. The summed E-state index contributed by atoms with van der Waals surface area (Å²) in [6, 6.07) is 5.45. The molecule has 1 unspecified atom stereocenters. The molecule has 5 heterocycles. The number of carbonyl (C=O) groups excluding carboxylic acids is 1. The van der Waals surface area contributed by atoms with E-state index in [-0.39, 0.29) is 11.8 Å². The quantitative estimate of drug-likeness (QED) is 0.641. The van der Waals surface area contributed by atoms with E-state index in [4.69, 9.17) is 9.51 Å². The summed E-state index contributed by atoms with van der Waals surface area (Å²) in [6.07, 6.45) is 9.41. The smallest absolute Gasteiger partial charge is 0.253 e. The SMILES string of the molecule is Cc1cc(-c2cnc(N3CCCC3)nc2C2CCCN(C(=O)c3ccncc3)C2)on1. The molecular weight excluding hydrogens is 392 g/mol. The summed E-state index contributed by atoms with van der Waals surface area (Å²) in [5.74, 6) is 1.60. The predicted molar refractivity (Wildman–Crippen MR) is 116 cm³/mol. The standard InChI is InChI=1S/C23H26N6O2/c1-16-13-20(31-27-16)19-14-25-23(28-10-2-3-11-28)26-21(19)18-5-4-12-29(15-18)22(30)17-6-8-24-9-7-17/h6-9,13-14,18H,2-5,10-12,15H2,1H3. The molecule has 31 heavy (non-hydrogen) atoms. The van der Waals surface area contributed by atoms with Crippen molar-refractivity contribution in [1.29, 1.82) is 0 Å². The highest BCUT2D eigenvalue weighted by atomic mass is 16.5. The Bertz CT molecular complexity index is 1060. The number of rotatable bonds is 4. The summed E-state index contributed by atoms with van der Waals surface area (Å²) in [5, 5.41) is 4.05. The second kappa shape index (κ2) is 8.45. The molecule has 3 aromatic heterocycles. The molecule has 5 rings (SSSR count). The van der Waals surface area contributed by atoms with Gasteiger partial charge in [0.2, 0.25) is 5.95 Å². The Labute approximate surface area is 181 Å². The molecule has 2 saturated heterocycles. The molecule has 0 bridgehead atoms. The number of hydrogen-bond donors (Lipinski definition) is 0. The summed E-state index contributed by atoms with van der Waals surface area (Å²) in [4.78, 5) is 30.9. The number of piperidine rings is 1. The van der Waals surface area contributed by atoms with Crippen molar-refractivity contribution < 1.29 is 9.32 Å². The second-order valence-corrected chi connectivity index (χ2v) is 8.32. The Balaban J connectivity index is 1.48. The van der Waals surface area contributed by atoms with Crippen LogP contribution in [0.3, 0.4) is 0 Å². The topological polar surface area (TPSA) is 88.3 Å². The van der Waals surface area contributed by atoms with Crippen molar-refractivity contribution in [3.05, 3.63) is 53.7 Å². The van der Waals surface area contributed by atoms with E-state index >= 15 is 0 Å². The molecule has 8 nitrogen and oxygen atoms in total. The Kier molecular flexibility index (Phi) is 5.36. The minimum atomic E-state index is 0.0398. The normalized spacial score (nSPS) is 19.1. The van der Waals surface area contributed by atoms with Gasteiger partial charge >= 0.3 is 0 Å². The maximum atomic E-state index is 13.0. The third-order valence-electron chi connectivity index (χ3n) is 6.11. The Morgan fingerprint density at radius 3 is 2.68 bits per heavy atom. The summed E-state index contributed by atoms with van der Waals surface area (Å²) in [5.41, 5.74) is 3.30. The van der Waals surface area contributed by atoms with Crippen LogP contribution in [-0.2, 0) is 0 Å². The van der Waals surface area contributed by atoms with Crippen LogP contribution in [0.5, 0.6) is 0 Å². The van der Waals surface area contributed by atoms with E-state index in [2.05, 4.69) is 20.0 Å². The Morgan fingerprint density at radius 1 is 1.13 bits per heavy atom. The number of likely N-dealkylation sites (tertiary alicyclic amines) is 1. The van der Waals surface area contributed by atoms with Crippen molar-refractivity contribution in [3.8, 4) is 11.3 Å². The number of nitrogens with zero attached hydrogens (tertiary/aromatic N) is 6. The molecule has 8 heteroatoms. The van der Waals surface area contributed by atoms with Crippen LogP contribution in [0.15, 0.2) is 41.3 Å². The summed E-state index contributed by atoms with van der Waals surface area (Å²) in [7, 11) is 0. The summed E-state index contributed by atoms with van der Waals surface area (Å²) >= 11 is 0. The fourth-order valence-electron chi connectivity index (χ4n) is 4.51. The van der Waals surface area contributed by atoms with Gasteiger partial charge in [0.15, 0.2) is 5.76 Å². The molecule has 1 atom stereocenters. The van der Waals surface area contributed by atoms with Crippen molar-refractivity contribution in [2.24, 2.45) is 0 Å². The van der Waals surface area contributed by atoms with Gasteiger partial charge in [-0.1, -0.05) is 5.16 Å². The highest BCUT2D eigenvalue weighted by molar-refractivity contribution is 5.94. The van der Waals surface area contributed by atoms with Crippen molar-refractivity contribution in [1.82, 2.24) is 25.0 Å². The predicted octanol–water partition coefficient (Wildman–Crippen LogP) is 3.46. The fraction of sp³-hybridized carbons (Fsp3) is 0.435. The van der Waals surface area contributed by atoms with Gasteiger partial charge in [-0.2, -0.15) is 0 Å². The molecule has 3 aromatic rings. The van der Waals surface area contributed by atoms with Gasteiger partial charge in [-0.15, -0.1) is 0 Å². The zero-order chi connectivity index (χ0) is 21.2. The molecule has 2 fully saturated rings. The molecule has 0 aromatic carbocycles. The summed E-state index contributed by atoms with van der Waals surface area (Å²) in [6.45, 7) is 5.24. The molecule has 0 N–H and O–H groups in total. The maximum absolute atomic E-state index is 13.0. The first-order chi connectivity index (χ1) is 15.2. The largest absolute Gasteiger partial charge is 0.356 e. The van der Waals surface area contributed by atoms with Gasteiger partial charge in [0, 0.05) is 62.3 Å². The van der Waals surface area contributed by atoms with Crippen LogP contribution in [0.2, 0.25) is 0 Å². The zero-order valence-corrected chi connectivity index (χ0v) is 17.7. The van der Waals surface area contributed by atoms with Gasteiger partial charge in [0.05, 0.1) is 17.0 Å². The minimum absolute atomic E-state index is 0.0398. The molecule has 0 radical (unpaired) electrons. The molecule has 2 aliphatic rings. The van der Waals surface area contributed by atoms with E-state index in [1.807, 2.05) is 24.1 Å². The van der Waals surface area contributed by atoms with E-state index in [9.17, 15) is 4.79 Å². The molecule has 0 spiro atoms. The number of amides is 1. The highest BCUT2D eigenvalue weighted by Crippen LogP contribution is 2.35. The second-order valence-electron chi connectivity index (χ2n) is 8.32. The van der Waals surface area contributed by atoms with Gasteiger partial charge in [0.1, 0.15) is 0 Å². The van der Waals surface area contributed by atoms with Crippen molar-refractivity contribution in [2.45, 2.75) is 38.5 Å². The third kappa shape index (κ3) is 4.02. The van der Waals surface area contributed by atoms with Crippen LogP contribution in [0, 0.1) is 6.92 Å². The first-order valence-corrected chi connectivity index (χ1v) is 10.9. The first-order valence-electron chi connectivity index (χ1n) is 10.9. The Morgan fingerprint density at radius 2 is 1.94 bits per heavy atom. The number of hydrogen-bond acceptors (Lipinski definition) is 7. The lowest BCUT2D eigenvalue weighted by atomic mass is 9.91. The number of aryl methyl sites for hydroxylation is 1. The van der Waals surface area contributed by atoms with Gasteiger partial charge in [-0.3, -0.25) is 9.78 Å². The lowest BCUT2D eigenvalue weighted by Gasteiger charge is -2.33. The van der Waals surface area contributed by atoms with Crippen LogP contribution in [0.1, 0.15) is 53.3 Å². The first kappa shape index (κ1) is 19.7.